The molecule has 2 nitrogen and oxygen atoms in total. The first-order valence-corrected chi connectivity index (χ1v) is 19.3. The molecular weight excluding hydrogens is 669 g/mol. The van der Waals surface area contributed by atoms with E-state index in [4.69, 9.17) is 0 Å². The summed E-state index contributed by atoms with van der Waals surface area (Å²) in [7, 11) is 0. The molecule has 0 aliphatic carbocycles. The summed E-state index contributed by atoms with van der Waals surface area (Å²) in [6, 6.07) is 62.7. The van der Waals surface area contributed by atoms with Crippen LogP contribution in [-0.2, 0) is 0 Å². The molecule has 52 heavy (non-hydrogen) atoms. The Balaban J connectivity index is 0.994. The second-order valence-corrected chi connectivity index (χ2v) is 15.8. The molecule has 0 aliphatic rings. The van der Waals surface area contributed by atoms with Crippen molar-refractivity contribution in [3.8, 4) is 22.5 Å². The fraction of sp³-hybridized carbons (Fsp3) is 0. The topological polar surface area (TPSA) is 9.86 Å². The highest BCUT2D eigenvalue weighted by Gasteiger charge is 2.19. The van der Waals surface area contributed by atoms with E-state index in [0.717, 1.165) is 0 Å². The summed E-state index contributed by atoms with van der Waals surface area (Å²) in [4.78, 5) is 0. The average Bonchev–Trinajstić information content (AvgIpc) is 3.96. The van der Waals surface area contributed by atoms with Crippen molar-refractivity contribution in [3.05, 3.63) is 170 Å². The van der Waals surface area contributed by atoms with Crippen LogP contribution >= 0.6 is 22.7 Å². The Morgan fingerprint density at radius 3 is 1.10 bits per heavy atom. The van der Waals surface area contributed by atoms with Gasteiger partial charge in [0.05, 0.1) is 31.5 Å². The fourth-order valence-corrected chi connectivity index (χ4v) is 11.1. The van der Waals surface area contributed by atoms with E-state index < -0.39 is 0 Å². The van der Waals surface area contributed by atoms with E-state index in [0.29, 0.717) is 0 Å². The third kappa shape index (κ3) is 3.88. The lowest BCUT2D eigenvalue weighted by Crippen LogP contribution is -1.95. The molecule has 0 saturated carbocycles. The summed E-state index contributed by atoms with van der Waals surface area (Å²) in [5, 5.41) is 10.5. The van der Waals surface area contributed by atoms with Gasteiger partial charge in [0.2, 0.25) is 0 Å². The minimum absolute atomic E-state index is 1.18. The normalized spacial score (nSPS) is 12.2. The molecule has 0 N–H and O–H groups in total. The van der Waals surface area contributed by atoms with Gasteiger partial charge in [-0.1, -0.05) is 121 Å². The van der Waals surface area contributed by atoms with Gasteiger partial charge in [-0.2, -0.15) is 0 Å². The number of rotatable bonds is 3. The maximum Gasteiger partial charge on any atom is 0.0719 e. The molecular formula is C48H28N2S2. The minimum Gasteiger partial charge on any atom is -0.308 e. The Morgan fingerprint density at radius 1 is 0.288 bits per heavy atom. The Bertz CT molecular complexity index is 3160. The quantitative estimate of drug-likeness (QED) is 0.174. The highest BCUT2D eigenvalue weighted by Crippen LogP contribution is 2.45. The van der Waals surface area contributed by atoms with E-state index in [2.05, 4.69) is 179 Å². The third-order valence-corrected chi connectivity index (χ3v) is 13.3. The van der Waals surface area contributed by atoms with E-state index in [1.54, 1.807) is 0 Å². The fourth-order valence-electron chi connectivity index (χ4n) is 8.60. The van der Waals surface area contributed by atoms with Gasteiger partial charge in [-0.3, -0.25) is 0 Å². The van der Waals surface area contributed by atoms with Crippen LogP contribution in [0.4, 0.5) is 0 Å². The number of hydrogen-bond donors (Lipinski definition) is 0. The number of para-hydroxylation sites is 2. The van der Waals surface area contributed by atoms with Gasteiger partial charge in [-0.15, -0.1) is 22.7 Å². The van der Waals surface area contributed by atoms with Crippen LogP contribution in [0.2, 0.25) is 0 Å². The van der Waals surface area contributed by atoms with Crippen LogP contribution in [0, 0.1) is 0 Å². The summed E-state index contributed by atoms with van der Waals surface area (Å²) < 4.78 is 10.3. The van der Waals surface area contributed by atoms with Gasteiger partial charge in [0.1, 0.15) is 0 Å². The molecule has 242 valence electrons. The molecule has 0 unspecified atom stereocenters. The van der Waals surface area contributed by atoms with Crippen LogP contribution in [-0.4, -0.2) is 9.13 Å². The summed E-state index contributed by atoms with van der Waals surface area (Å²) in [5.74, 6) is 0. The Kier molecular flexibility index (Phi) is 5.84. The number of hydrogen-bond acceptors (Lipinski definition) is 2. The Morgan fingerprint density at radius 2 is 0.654 bits per heavy atom. The minimum atomic E-state index is 1.18. The van der Waals surface area contributed by atoms with Gasteiger partial charge in [0.15, 0.2) is 0 Å². The first kappa shape index (κ1) is 28.5. The summed E-state index contributed by atoms with van der Waals surface area (Å²) in [6.07, 6.45) is 0. The van der Waals surface area contributed by atoms with Crippen LogP contribution in [0.15, 0.2) is 170 Å². The predicted molar refractivity (Wildman–Crippen MR) is 226 cm³/mol. The third-order valence-electron chi connectivity index (χ3n) is 10.9. The summed E-state index contributed by atoms with van der Waals surface area (Å²) >= 11 is 3.79. The number of aromatic nitrogens is 2. The van der Waals surface area contributed by atoms with Crippen molar-refractivity contribution < 1.29 is 0 Å². The number of thiophene rings is 2. The molecule has 0 saturated heterocycles. The summed E-state index contributed by atoms with van der Waals surface area (Å²) in [5.41, 5.74) is 9.81. The Hall–Kier alpha value is -6.20. The van der Waals surface area contributed by atoms with Gasteiger partial charge < -0.3 is 9.13 Å². The van der Waals surface area contributed by atoms with Crippen molar-refractivity contribution >= 4 is 107 Å². The molecule has 0 fully saturated rings. The zero-order valence-electron chi connectivity index (χ0n) is 27.9. The molecule has 0 radical (unpaired) electrons. The van der Waals surface area contributed by atoms with Gasteiger partial charge in [-0.05, 0) is 59.7 Å². The SMILES string of the molecule is c1ccc2c(c1)sc1c2ccc2c3ccccc3n(-c3ccc(-c4ccc(-n5c6ccccc6c6ccc7c8ccccc8sc7c65)cc4)cc3)c21. The molecule has 0 atom stereocenters. The lowest BCUT2D eigenvalue weighted by Gasteiger charge is -2.12. The van der Waals surface area contributed by atoms with Gasteiger partial charge in [0, 0.05) is 63.9 Å². The highest BCUT2D eigenvalue weighted by atomic mass is 32.1. The number of nitrogens with zero attached hydrogens (tertiary/aromatic N) is 2. The van der Waals surface area contributed by atoms with Gasteiger partial charge in [-0.25, -0.2) is 0 Å². The second-order valence-electron chi connectivity index (χ2n) is 13.7. The van der Waals surface area contributed by atoms with Crippen molar-refractivity contribution in [2.45, 2.75) is 0 Å². The molecule has 8 aromatic carbocycles. The maximum absolute atomic E-state index is 2.46. The number of fused-ring (bicyclic) bond motifs is 14. The molecule has 4 heteroatoms. The zero-order valence-corrected chi connectivity index (χ0v) is 29.5. The van der Waals surface area contributed by atoms with Crippen LogP contribution in [0.1, 0.15) is 0 Å². The molecule has 0 amide bonds. The van der Waals surface area contributed by atoms with E-state index in [1.807, 2.05) is 22.7 Å². The predicted octanol–water partition coefficient (Wildman–Crippen LogP) is 14.3. The lowest BCUT2D eigenvalue weighted by atomic mass is 10.0. The number of benzene rings is 8. The van der Waals surface area contributed by atoms with Crippen LogP contribution < -0.4 is 0 Å². The van der Waals surface area contributed by atoms with E-state index in [-0.39, 0.29) is 0 Å². The van der Waals surface area contributed by atoms with Crippen LogP contribution in [0.5, 0.6) is 0 Å². The molecule has 12 rings (SSSR count). The largest absolute Gasteiger partial charge is 0.308 e. The van der Waals surface area contributed by atoms with Gasteiger partial charge in [0.25, 0.3) is 0 Å². The Labute approximate surface area is 306 Å². The average molecular weight is 697 g/mol. The molecule has 0 bridgehead atoms. The molecule has 4 heterocycles. The van der Waals surface area contributed by atoms with Gasteiger partial charge >= 0.3 is 0 Å². The molecule has 0 spiro atoms. The van der Waals surface area contributed by atoms with Crippen molar-refractivity contribution in [2.75, 3.05) is 0 Å². The van der Waals surface area contributed by atoms with Crippen molar-refractivity contribution in [1.29, 1.82) is 0 Å². The molecule has 0 aliphatic heterocycles. The van der Waals surface area contributed by atoms with Crippen LogP contribution in [0.25, 0.3) is 106 Å². The first-order chi connectivity index (χ1) is 25.8. The van der Waals surface area contributed by atoms with Crippen LogP contribution in [0.3, 0.4) is 0 Å². The van der Waals surface area contributed by atoms with E-state index in [9.17, 15) is 0 Å². The van der Waals surface area contributed by atoms with E-state index in [1.165, 1.54) is 106 Å². The lowest BCUT2D eigenvalue weighted by molar-refractivity contribution is 1.18. The standard InChI is InChI=1S/C48H28N2S2/c1-5-13-41-33(9-1)37-25-27-39-35-11-3-7-15-43(35)51-47(39)45(37)49(41)31-21-17-29(18-22-31)30-19-23-32(24-20-30)50-42-14-6-2-10-34(42)38-26-28-40-36-12-4-8-16-44(36)52-48(40)46(38)50/h1-28H. The second kappa shape index (κ2) is 10.7. The summed E-state index contributed by atoms with van der Waals surface area (Å²) in [6.45, 7) is 0. The molecule has 4 aromatic heterocycles. The zero-order chi connectivity index (χ0) is 33.9. The first-order valence-electron chi connectivity index (χ1n) is 17.7. The van der Waals surface area contributed by atoms with Crippen molar-refractivity contribution in [3.63, 3.8) is 0 Å². The monoisotopic (exact) mass is 696 g/mol. The highest BCUT2D eigenvalue weighted by molar-refractivity contribution is 7.27. The van der Waals surface area contributed by atoms with E-state index >= 15 is 0 Å². The maximum atomic E-state index is 2.46. The van der Waals surface area contributed by atoms with Crippen molar-refractivity contribution in [2.24, 2.45) is 0 Å². The molecule has 12 aromatic rings. The van der Waals surface area contributed by atoms with Crippen molar-refractivity contribution in [1.82, 2.24) is 9.13 Å². The smallest absolute Gasteiger partial charge is 0.0719 e.